The summed E-state index contributed by atoms with van der Waals surface area (Å²) in [7, 11) is 0. The summed E-state index contributed by atoms with van der Waals surface area (Å²) in [4.78, 5) is 13.9. The Bertz CT molecular complexity index is 408. The number of anilines is 1. The number of aliphatic hydroxyl groups excluding tert-OH is 1. The first-order chi connectivity index (χ1) is 10.1. The molecule has 0 aromatic heterocycles. The summed E-state index contributed by atoms with van der Waals surface area (Å²) < 4.78 is 5.40. The average Bonchev–Trinajstić information content (AvgIpc) is 2.49. The summed E-state index contributed by atoms with van der Waals surface area (Å²) in [6.45, 7) is 7.33. The molecule has 0 spiro atoms. The predicted molar refractivity (Wildman–Crippen MR) is 85.4 cm³/mol. The van der Waals surface area contributed by atoms with Gasteiger partial charge in [0.15, 0.2) is 6.29 Å². The van der Waals surface area contributed by atoms with Crippen LogP contribution >= 0.6 is 0 Å². The number of para-hydroxylation sites is 1. The molecule has 0 saturated carbocycles. The van der Waals surface area contributed by atoms with E-state index in [9.17, 15) is 9.90 Å². The topological polar surface area (TPSA) is 49.8 Å². The van der Waals surface area contributed by atoms with Gasteiger partial charge in [-0.3, -0.25) is 4.79 Å². The van der Waals surface area contributed by atoms with Crippen molar-refractivity contribution in [3.05, 3.63) is 30.3 Å². The number of nitrogens with zero attached hydrogens (tertiary/aromatic N) is 1. The van der Waals surface area contributed by atoms with Gasteiger partial charge in [-0.2, -0.15) is 0 Å². The lowest BCUT2D eigenvalue weighted by molar-refractivity contribution is -0.152. The van der Waals surface area contributed by atoms with Crippen molar-refractivity contribution >= 4 is 11.5 Å². The molecule has 0 aliphatic carbocycles. The molecule has 2 atom stereocenters. The Morgan fingerprint density at radius 1 is 1.29 bits per heavy atom. The van der Waals surface area contributed by atoms with Crippen LogP contribution in [0.5, 0.6) is 0 Å². The minimum Gasteiger partial charge on any atom is -0.371 e. The van der Waals surface area contributed by atoms with Crippen molar-refractivity contribution in [3.63, 3.8) is 0 Å². The molecule has 0 bridgehead atoms. The lowest BCUT2D eigenvalue weighted by Crippen LogP contribution is -2.40. The highest BCUT2D eigenvalue weighted by atomic mass is 16.6. The molecule has 4 heteroatoms. The molecule has 1 aromatic rings. The number of ether oxygens (including phenoxy) is 1. The van der Waals surface area contributed by atoms with Crippen LogP contribution in [-0.4, -0.2) is 36.9 Å². The van der Waals surface area contributed by atoms with E-state index >= 15 is 0 Å². The Labute approximate surface area is 127 Å². The average molecular weight is 293 g/mol. The second kappa shape index (κ2) is 9.53. The fourth-order valence-corrected chi connectivity index (χ4v) is 2.18. The summed E-state index contributed by atoms with van der Waals surface area (Å²) >= 11 is 0. The molecular weight excluding hydrogens is 266 g/mol. The Morgan fingerprint density at radius 2 is 1.95 bits per heavy atom. The van der Waals surface area contributed by atoms with Crippen molar-refractivity contribution in [2.24, 2.45) is 5.92 Å². The monoisotopic (exact) mass is 293 g/mol. The van der Waals surface area contributed by atoms with Crippen LogP contribution < -0.4 is 4.90 Å². The van der Waals surface area contributed by atoms with Crippen LogP contribution in [-0.2, 0) is 9.53 Å². The molecule has 4 nitrogen and oxygen atoms in total. The summed E-state index contributed by atoms with van der Waals surface area (Å²) in [6.07, 6.45) is 0.854. The number of benzene rings is 1. The van der Waals surface area contributed by atoms with Gasteiger partial charge in [0.05, 0.1) is 5.92 Å². The largest absolute Gasteiger partial charge is 0.371 e. The SMILES string of the molecule is CCCCOC(O)C(CN(CC)c1ccccc1)C(C)=O. The molecule has 0 fully saturated rings. The summed E-state index contributed by atoms with van der Waals surface area (Å²) in [6, 6.07) is 9.91. The molecule has 118 valence electrons. The maximum atomic E-state index is 11.8. The van der Waals surface area contributed by atoms with E-state index in [2.05, 4.69) is 11.8 Å². The number of hydrogen-bond acceptors (Lipinski definition) is 4. The minimum atomic E-state index is -1.04. The van der Waals surface area contributed by atoms with Gasteiger partial charge in [0.1, 0.15) is 5.78 Å². The van der Waals surface area contributed by atoms with Crippen LogP contribution in [0.15, 0.2) is 30.3 Å². The Hall–Kier alpha value is -1.39. The number of hydrogen-bond donors (Lipinski definition) is 1. The summed E-state index contributed by atoms with van der Waals surface area (Å²) in [5.41, 5.74) is 1.05. The zero-order valence-electron chi connectivity index (χ0n) is 13.3. The van der Waals surface area contributed by atoms with Crippen LogP contribution in [0.25, 0.3) is 0 Å². The molecule has 0 amide bonds. The van der Waals surface area contributed by atoms with Crippen LogP contribution in [0.2, 0.25) is 0 Å². The van der Waals surface area contributed by atoms with Crippen molar-refractivity contribution in [1.82, 2.24) is 0 Å². The smallest absolute Gasteiger partial charge is 0.165 e. The second-order valence-corrected chi connectivity index (χ2v) is 5.21. The molecule has 0 saturated heterocycles. The number of aliphatic hydroxyl groups is 1. The fraction of sp³-hybridized carbons (Fsp3) is 0.588. The molecule has 0 aliphatic rings. The Balaban J connectivity index is 2.69. The van der Waals surface area contributed by atoms with Gasteiger partial charge in [0.25, 0.3) is 0 Å². The minimum absolute atomic E-state index is 0.0478. The van der Waals surface area contributed by atoms with E-state index in [4.69, 9.17) is 4.74 Å². The van der Waals surface area contributed by atoms with Crippen molar-refractivity contribution in [1.29, 1.82) is 0 Å². The highest BCUT2D eigenvalue weighted by Crippen LogP contribution is 2.18. The molecule has 1 rings (SSSR count). The molecule has 1 N–H and O–H groups in total. The number of Topliss-reactive ketones (excluding diaryl/α,β-unsaturated/α-hetero) is 1. The molecule has 21 heavy (non-hydrogen) atoms. The number of rotatable bonds is 10. The van der Waals surface area contributed by atoms with Crippen molar-refractivity contribution < 1.29 is 14.6 Å². The highest BCUT2D eigenvalue weighted by Gasteiger charge is 2.26. The number of carbonyl (C=O) groups is 1. The van der Waals surface area contributed by atoms with Crippen LogP contribution in [0, 0.1) is 5.92 Å². The quantitative estimate of drug-likeness (QED) is 0.532. The molecular formula is C17H27NO3. The Kier molecular flexibility index (Phi) is 8.01. The van der Waals surface area contributed by atoms with Gasteiger partial charge in [-0.1, -0.05) is 31.5 Å². The van der Waals surface area contributed by atoms with Gasteiger partial charge in [-0.25, -0.2) is 0 Å². The molecule has 0 heterocycles. The first kappa shape index (κ1) is 17.7. The van der Waals surface area contributed by atoms with Crippen molar-refractivity contribution in [2.45, 2.75) is 39.9 Å². The maximum Gasteiger partial charge on any atom is 0.165 e. The van der Waals surface area contributed by atoms with E-state index in [1.165, 1.54) is 6.92 Å². The van der Waals surface area contributed by atoms with Crippen LogP contribution in [0.4, 0.5) is 5.69 Å². The third-order valence-electron chi connectivity index (χ3n) is 3.57. The van der Waals surface area contributed by atoms with Crippen molar-refractivity contribution in [3.8, 4) is 0 Å². The van der Waals surface area contributed by atoms with Gasteiger partial charge in [-0.15, -0.1) is 0 Å². The zero-order chi connectivity index (χ0) is 15.7. The summed E-state index contributed by atoms with van der Waals surface area (Å²) in [5.74, 6) is -0.574. The first-order valence-corrected chi connectivity index (χ1v) is 7.70. The van der Waals surface area contributed by atoms with E-state index in [0.29, 0.717) is 13.2 Å². The maximum absolute atomic E-state index is 11.8. The van der Waals surface area contributed by atoms with Gasteiger partial charge in [-0.05, 0) is 32.4 Å². The van der Waals surface area contributed by atoms with Crippen LogP contribution in [0.3, 0.4) is 0 Å². The van der Waals surface area contributed by atoms with Gasteiger partial charge >= 0.3 is 0 Å². The molecule has 2 unspecified atom stereocenters. The van der Waals surface area contributed by atoms with E-state index < -0.39 is 12.2 Å². The first-order valence-electron chi connectivity index (χ1n) is 7.70. The third-order valence-corrected chi connectivity index (χ3v) is 3.57. The predicted octanol–water partition coefficient (Wildman–Crippen LogP) is 2.85. The Morgan fingerprint density at radius 3 is 2.48 bits per heavy atom. The highest BCUT2D eigenvalue weighted by molar-refractivity contribution is 5.79. The lowest BCUT2D eigenvalue weighted by atomic mass is 10.0. The van der Waals surface area contributed by atoms with Crippen LogP contribution in [0.1, 0.15) is 33.6 Å². The second-order valence-electron chi connectivity index (χ2n) is 5.21. The van der Waals surface area contributed by atoms with Crippen molar-refractivity contribution in [2.75, 3.05) is 24.6 Å². The number of ketones is 1. The van der Waals surface area contributed by atoms with Gasteiger partial charge in [0, 0.05) is 25.4 Å². The third kappa shape index (κ3) is 5.86. The van der Waals surface area contributed by atoms with E-state index in [1.807, 2.05) is 37.3 Å². The number of carbonyl (C=O) groups excluding carboxylic acids is 1. The van der Waals surface area contributed by atoms with E-state index in [1.54, 1.807) is 0 Å². The lowest BCUT2D eigenvalue weighted by Gasteiger charge is -2.29. The zero-order valence-corrected chi connectivity index (χ0v) is 13.3. The molecule has 1 aromatic carbocycles. The fourth-order valence-electron chi connectivity index (χ4n) is 2.18. The molecule has 0 aliphatic heterocycles. The van der Waals surface area contributed by atoms with Gasteiger partial charge < -0.3 is 14.7 Å². The number of unbranched alkanes of at least 4 members (excludes halogenated alkanes) is 1. The van der Waals surface area contributed by atoms with E-state index in [-0.39, 0.29) is 5.78 Å². The molecule has 0 radical (unpaired) electrons. The standard InChI is InChI=1S/C17H27NO3/c1-4-6-12-21-17(20)16(14(3)19)13-18(5-2)15-10-8-7-9-11-15/h7-11,16-17,20H,4-6,12-13H2,1-3H3. The van der Waals surface area contributed by atoms with E-state index in [0.717, 1.165) is 25.1 Å². The normalized spacial score (nSPS) is 13.7. The van der Waals surface area contributed by atoms with Gasteiger partial charge in [0.2, 0.25) is 0 Å². The summed E-state index contributed by atoms with van der Waals surface area (Å²) in [5, 5.41) is 10.1.